The van der Waals surface area contributed by atoms with Crippen LogP contribution in [0.1, 0.15) is 68.3 Å². The lowest BCUT2D eigenvalue weighted by Crippen LogP contribution is -2.40. The van der Waals surface area contributed by atoms with Gasteiger partial charge in [-0.05, 0) is 18.2 Å². The minimum Gasteiger partial charge on any atom is -0.488 e. The first-order chi connectivity index (χ1) is 12.5. The number of benzene rings is 1. The number of carbonyl (C=O) groups excluding carboxylic acids is 1. The molecule has 0 saturated heterocycles. The van der Waals surface area contributed by atoms with Crippen LogP contribution in [-0.2, 0) is 13.2 Å². The molecule has 2 rings (SSSR count). The Kier molecular flexibility index (Phi) is 12.4. The molecule has 2 aromatic rings. The van der Waals surface area contributed by atoms with Gasteiger partial charge in [0.1, 0.15) is 18.9 Å². The Morgan fingerprint density at radius 2 is 1.62 bits per heavy atom. The van der Waals surface area contributed by atoms with E-state index in [1.165, 1.54) is 11.4 Å². The van der Waals surface area contributed by atoms with Gasteiger partial charge in [0.15, 0.2) is 17.7 Å². The van der Waals surface area contributed by atoms with Gasteiger partial charge in [-0.15, -0.1) is 0 Å². The number of pyridine rings is 1. The third kappa shape index (κ3) is 7.17. The predicted octanol–water partition coefficient (Wildman–Crippen LogP) is 6.10. The van der Waals surface area contributed by atoms with E-state index >= 15 is 0 Å². The van der Waals surface area contributed by atoms with Crippen molar-refractivity contribution in [1.29, 1.82) is 0 Å². The third-order valence-corrected chi connectivity index (χ3v) is 3.82. The largest absolute Gasteiger partial charge is 0.488 e. The van der Waals surface area contributed by atoms with E-state index in [0.717, 1.165) is 24.8 Å². The van der Waals surface area contributed by atoms with Gasteiger partial charge in [0, 0.05) is 43.0 Å². The normalized spacial score (nSPS) is 9.38. The number of ether oxygens (including phenoxy) is 1. The second-order valence-corrected chi connectivity index (χ2v) is 5.82. The maximum Gasteiger partial charge on any atom is 0.178 e. The second kappa shape index (κ2) is 13.3. The first-order valence-electron chi connectivity index (χ1n) is 9.42. The number of rotatable bonds is 6. The SMILES string of the molecule is CC.CC.CCC[n+]1c(C)cc(COc2ccc(Cl)cc2C=O)cc1C. The van der Waals surface area contributed by atoms with E-state index in [0.29, 0.717) is 22.9 Å². The summed E-state index contributed by atoms with van der Waals surface area (Å²) in [6.07, 6.45) is 1.87. The van der Waals surface area contributed by atoms with Gasteiger partial charge in [-0.3, -0.25) is 4.79 Å². The van der Waals surface area contributed by atoms with Crippen LogP contribution in [0.4, 0.5) is 0 Å². The van der Waals surface area contributed by atoms with Crippen molar-refractivity contribution < 1.29 is 14.1 Å². The molecule has 4 heteroatoms. The average Bonchev–Trinajstić information content (AvgIpc) is 2.66. The molecule has 0 aliphatic rings. The second-order valence-electron chi connectivity index (χ2n) is 5.39. The van der Waals surface area contributed by atoms with Crippen LogP contribution in [0.2, 0.25) is 5.02 Å². The lowest BCUT2D eigenvalue weighted by molar-refractivity contribution is -0.708. The molecule has 0 saturated carbocycles. The zero-order valence-electron chi connectivity index (χ0n) is 17.2. The lowest BCUT2D eigenvalue weighted by atomic mass is 10.2. The molecular weight excluding hydrogens is 346 g/mol. The summed E-state index contributed by atoms with van der Waals surface area (Å²) >= 11 is 5.88. The fourth-order valence-electron chi connectivity index (χ4n) is 2.58. The van der Waals surface area contributed by atoms with Crippen LogP contribution in [0.3, 0.4) is 0 Å². The molecule has 1 aromatic heterocycles. The molecule has 0 radical (unpaired) electrons. The predicted molar refractivity (Wildman–Crippen MR) is 110 cm³/mol. The number of halogens is 1. The van der Waals surface area contributed by atoms with Gasteiger partial charge < -0.3 is 4.74 Å². The molecule has 0 amide bonds. The summed E-state index contributed by atoms with van der Waals surface area (Å²) in [5, 5.41) is 0.529. The Hall–Kier alpha value is -1.87. The number of aryl methyl sites for hydroxylation is 2. The molecule has 0 atom stereocenters. The monoisotopic (exact) mass is 378 g/mol. The van der Waals surface area contributed by atoms with E-state index in [1.54, 1.807) is 18.2 Å². The van der Waals surface area contributed by atoms with E-state index in [-0.39, 0.29) is 0 Å². The van der Waals surface area contributed by atoms with Gasteiger partial charge in [0.25, 0.3) is 0 Å². The molecule has 0 spiro atoms. The van der Waals surface area contributed by atoms with Crippen LogP contribution in [0.25, 0.3) is 0 Å². The van der Waals surface area contributed by atoms with Crippen molar-refractivity contribution in [1.82, 2.24) is 0 Å². The highest BCUT2D eigenvalue weighted by Gasteiger charge is 2.12. The molecule has 1 heterocycles. The summed E-state index contributed by atoms with van der Waals surface area (Å²) < 4.78 is 8.07. The summed E-state index contributed by atoms with van der Waals surface area (Å²) in [5.41, 5.74) is 3.99. The molecule has 0 fully saturated rings. The van der Waals surface area contributed by atoms with Crippen LogP contribution >= 0.6 is 11.6 Å². The number of carbonyl (C=O) groups is 1. The van der Waals surface area contributed by atoms with Crippen molar-refractivity contribution in [3.63, 3.8) is 0 Å². The zero-order chi connectivity index (χ0) is 20.1. The maximum absolute atomic E-state index is 11.1. The van der Waals surface area contributed by atoms with Crippen molar-refractivity contribution >= 4 is 17.9 Å². The Morgan fingerprint density at radius 1 is 1.04 bits per heavy atom. The number of aldehydes is 1. The molecular formula is C22H33ClNO2+. The van der Waals surface area contributed by atoms with Crippen molar-refractivity contribution in [3.05, 3.63) is 57.9 Å². The van der Waals surface area contributed by atoms with Gasteiger partial charge in [-0.25, -0.2) is 4.57 Å². The number of nitrogens with zero attached hydrogens (tertiary/aromatic N) is 1. The number of hydrogen-bond donors (Lipinski definition) is 0. The van der Waals surface area contributed by atoms with Crippen LogP contribution in [0.5, 0.6) is 5.75 Å². The van der Waals surface area contributed by atoms with Crippen LogP contribution in [0.15, 0.2) is 30.3 Å². The van der Waals surface area contributed by atoms with Gasteiger partial charge in [-0.2, -0.15) is 0 Å². The van der Waals surface area contributed by atoms with Crippen LogP contribution in [0, 0.1) is 13.8 Å². The Labute approximate surface area is 164 Å². The lowest BCUT2D eigenvalue weighted by Gasteiger charge is -2.10. The van der Waals surface area contributed by atoms with Crippen molar-refractivity contribution in [3.8, 4) is 5.75 Å². The molecule has 0 bridgehead atoms. The first kappa shape index (κ1) is 24.1. The minimum atomic E-state index is 0.428. The molecule has 1 aromatic carbocycles. The molecule has 0 aliphatic carbocycles. The average molecular weight is 379 g/mol. The first-order valence-corrected chi connectivity index (χ1v) is 9.80. The molecule has 3 nitrogen and oxygen atoms in total. The molecule has 0 aliphatic heterocycles. The standard InChI is InChI=1S/C18H21ClNO2.2C2H6/c1-4-7-20-13(2)8-15(9-14(20)3)12-22-18-6-5-17(19)10-16(18)11-21;2*1-2/h5-6,8-11H,4,7,12H2,1-3H3;2*1-2H3/q+1;;. The molecule has 0 unspecified atom stereocenters. The van der Waals surface area contributed by atoms with E-state index < -0.39 is 0 Å². The number of hydrogen-bond acceptors (Lipinski definition) is 2. The van der Waals surface area contributed by atoms with Crippen LogP contribution in [-0.4, -0.2) is 6.29 Å². The summed E-state index contributed by atoms with van der Waals surface area (Å²) in [5.74, 6) is 0.556. The fourth-order valence-corrected chi connectivity index (χ4v) is 2.76. The fraction of sp³-hybridized carbons (Fsp3) is 0.455. The molecule has 144 valence electrons. The van der Waals surface area contributed by atoms with Crippen LogP contribution < -0.4 is 9.30 Å². The summed E-state index contributed by atoms with van der Waals surface area (Å²) in [6, 6.07) is 9.31. The smallest absolute Gasteiger partial charge is 0.178 e. The van der Waals surface area contributed by atoms with Crippen molar-refractivity contribution in [2.45, 2.75) is 68.0 Å². The number of aromatic nitrogens is 1. The summed E-state index contributed by atoms with van der Waals surface area (Å²) in [7, 11) is 0. The van der Waals surface area contributed by atoms with E-state index in [2.05, 4.69) is 37.5 Å². The van der Waals surface area contributed by atoms with E-state index in [1.807, 2.05) is 27.7 Å². The minimum absolute atomic E-state index is 0.428. The van der Waals surface area contributed by atoms with Gasteiger partial charge in [-0.1, -0.05) is 46.2 Å². The topological polar surface area (TPSA) is 30.2 Å². The van der Waals surface area contributed by atoms with Gasteiger partial charge in [0.2, 0.25) is 0 Å². The Bertz CT molecular complexity index is 661. The highest BCUT2D eigenvalue weighted by atomic mass is 35.5. The van der Waals surface area contributed by atoms with E-state index in [4.69, 9.17) is 16.3 Å². The highest BCUT2D eigenvalue weighted by Crippen LogP contribution is 2.22. The summed E-state index contributed by atoms with van der Waals surface area (Å²) in [4.78, 5) is 11.1. The van der Waals surface area contributed by atoms with Crippen molar-refractivity contribution in [2.24, 2.45) is 0 Å². The highest BCUT2D eigenvalue weighted by molar-refractivity contribution is 6.30. The third-order valence-electron chi connectivity index (χ3n) is 3.58. The van der Waals surface area contributed by atoms with Crippen molar-refractivity contribution in [2.75, 3.05) is 0 Å². The quantitative estimate of drug-likeness (QED) is 0.449. The van der Waals surface area contributed by atoms with Gasteiger partial charge in [0.05, 0.1) is 5.56 Å². The van der Waals surface area contributed by atoms with E-state index in [9.17, 15) is 4.79 Å². The Morgan fingerprint density at radius 3 is 2.12 bits per heavy atom. The Balaban J connectivity index is 0.00000146. The maximum atomic E-state index is 11.1. The molecule has 26 heavy (non-hydrogen) atoms. The molecule has 0 N–H and O–H groups in total. The van der Waals surface area contributed by atoms with Gasteiger partial charge >= 0.3 is 0 Å². The summed E-state index contributed by atoms with van der Waals surface area (Å²) in [6.45, 7) is 15.8. The zero-order valence-corrected chi connectivity index (χ0v) is 18.0.